The Kier molecular flexibility index (Phi) is 1.79. The van der Waals surface area contributed by atoms with E-state index in [1.54, 1.807) is 6.29 Å². The molecule has 0 spiro atoms. The maximum absolute atomic E-state index is 10.4. The molecule has 0 bridgehead atoms. The zero-order valence-corrected chi connectivity index (χ0v) is 4.81. The third-order valence-electron chi connectivity index (χ3n) is 1.15. The van der Waals surface area contributed by atoms with Crippen LogP contribution in [0, 0.1) is 0 Å². The fourth-order valence-corrected chi connectivity index (χ4v) is 0.650. The largest absolute Gasteiger partial charge is 0.353 e. The SMILES string of the molecule is O=[C]C1CNC(=O)CN1. The number of nitrogens with one attached hydrogen (secondary N) is 2. The molecule has 1 atom stereocenters. The van der Waals surface area contributed by atoms with E-state index < -0.39 is 0 Å². The van der Waals surface area contributed by atoms with Gasteiger partial charge in [-0.25, -0.2) is 0 Å². The summed E-state index contributed by atoms with van der Waals surface area (Å²) in [5.74, 6) is -0.0681. The number of carbonyl (C=O) groups is 1. The molecule has 1 fully saturated rings. The van der Waals surface area contributed by atoms with Gasteiger partial charge in [0.25, 0.3) is 0 Å². The fourth-order valence-electron chi connectivity index (χ4n) is 0.650. The molecule has 1 aliphatic rings. The second kappa shape index (κ2) is 2.59. The highest BCUT2D eigenvalue weighted by atomic mass is 16.2. The van der Waals surface area contributed by atoms with Crippen LogP contribution in [0.4, 0.5) is 0 Å². The third kappa shape index (κ3) is 1.50. The molecule has 4 heteroatoms. The van der Waals surface area contributed by atoms with E-state index in [1.807, 2.05) is 0 Å². The smallest absolute Gasteiger partial charge is 0.234 e. The van der Waals surface area contributed by atoms with Gasteiger partial charge >= 0.3 is 0 Å². The van der Waals surface area contributed by atoms with E-state index in [2.05, 4.69) is 10.6 Å². The molecule has 49 valence electrons. The second-order valence-corrected chi connectivity index (χ2v) is 1.86. The predicted octanol–water partition coefficient (Wildman–Crippen LogP) is -1.82. The predicted molar refractivity (Wildman–Crippen MR) is 30.5 cm³/mol. The number of amides is 1. The lowest BCUT2D eigenvalue weighted by atomic mass is 10.3. The van der Waals surface area contributed by atoms with Crippen LogP contribution in [0.25, 0.3) is 0 Å². The van der Waals surface area contributed by atoms with Gasteiger partial charge in [-0.2, -0.15) is 0 Å². The van der Waals surface area contributed by atoms with Gasteiger partial charge in [-0.1, -0.05) is 0 Å². The Hall–Kier alpha value is -0.900. The maximum atomic E-state index is 10.4. The van der Waals surface area contributed by atoms with Gasteiger partial charge in [0, 0.05) is 6.54 Å². The molecule has 1 amide bonds. The van der Waals surface area contributed by atoms with Crippen molar-refractivity contribution in [1.82, 2.24) is 10.6 Å². The molecule has 1 saturated heterocycles. The number of hydrogen-bond acceptors (Lipinski definition) is 3. The van der Waals surface area contributed by atoms with E-state index in [1.165, 1.54) is 0 Å². The van der Waals surface area contributed by atoms with Crippen molar-refractivity contribution in [2.45, 2.75) is 6.04 Å². The Morgan fingerprint density at radius 3 is 2.89 bits per heavy atom. The monoisotopic (exact) mass is 127 g/mol. The van der Waals surface area contributed by atoms with Crippen molar-refractivity contribution in [2.24, 2.45) is 0 Å². The molecule has 0 aromatic heterocycles. The van der Waals surface area contributed by atoms with Gasteiger partial charge in [-0.3, -0.25) is 14.9 Å². The first-order valence-electron chi connectivity index (χ1n) is 2.70. The zero-order valence-electron chi connectivity index (χ0n) is 4.81. The van der Waals surface area contributed by atoms with Crippen molar-refractivity contribution < 1.29 is 9.59 Å². The van der Waals surface area contributed by atoms with Crippen LogP contribution in [0.3, 0.4) is 0 Å². The Labute approximate surface area is 52.6 Å². The summed E-state index contributed by atoms with van der Waals surface area (Å²) in [5.41, 5.74) is 0. The first-order valence-corrected chi connectivity index (χ1v) is 2.70. The van der Waals surface area contributed by atoms with Gasteiger partial charge in [-0.05, 0) is 0 Å². The zero-order chi connectivity index (χ0) is 6.69. The molecular formula is C5H7N2O2. The molecule has 1 unspecified atom stereocenters. The number of rotatable bonds is 1. The molecule has 0 aromatic rings. The average molecular weight is 127 g/mol. The topological polar surface area (TPSA) is 58.2 Å². The molecule has 0 saturated carbocycles. The van der Waals surface area contributed by atoms with Crippen LogP contribution in [0.1, 0.15) is 0 Å². The molecule has 0 aromatic carbocycles. The summed E-state index contributed by atoms with van der Waals surface area (Å²) < 4.78 is 0. The molecular weight excluding hydrogens is 120 g/mol. The van der Waals surface area contributed by atoms with Crippen molar-refractivity contribution in [1.29, 1.82) is 0 Å². The van der Waals surface area contributed by atoms with Crippen molar-refractivity contribution >= 4 is 12.2 Å². The Morgan fingerprint density at radius 2 is 2.44 bits per heavy atom. The summed E-state index contributed by atoms with van der Waals surface area (Å²) in [6.45, 7) is 0.586. The minimum atomic E-state index is -0.317. The lowest BCUT2D eigenvalue weighted by molar-refractivity contribution is -0.121. The quantitative estimate of drug-likeness (QED) is 0.436. The molecule has 1 heterocycles. The van der Waals surface area contributed by atoms with Crippen LogP contribution >= 0.6 is 0 Å². The summed E-state index contributed by atoms with van der Waals surface area (Å²) in [6.07, 6.45) is 1.75. The fraction of sp³-hybridized carbons (Fsp3) is 0.600. The molecule has 2 N–H and O–H groups in total. The van der Waals surface area contributed by atoms with Crippen molar-refractivity contribution in [3.8, 4) is 0 Å². The first-order chi connectivity index (χ1) is 4.33. The highest BCUT2D eigenvalue weighted by Gasteiger charge is 2.15. The highest BCUT2D eigenvalue weighted by Crippen LogP contribution is 1.81. The highest BCUT2D eigenvalue weighted by molar-refractivity contribution is 5.80. The van der Waals surface area contributed by atoms with Gasteiger partial charge in [0.05, 0.1) is 12.6 Å². The summed E-state index contributed by atoms with van der Waals surface area (Å²) >= 11 is 0. The lowest BCUT2D eigenvalue weighted by Crippen LogP contribution is -2.52. The average Bonchev–Trinajstić information content (AvgIpc) is 1.90. The van der Waals surface area contributed by atoms with Crippen LogP contribution in [0.5, 0.6) is 0 Å². The molecule has 9 heavy (non-hydrogen) atoms. The van der Waals surface area contributed by atoms with Crippen molar-refractivity contribution in [2.75, 3.05) is 13.1 Å². The van der Waals surface area contributed by atoms with Gasteiger partial charge in [0.1, 0.15) is 0 Å². The standard InChI is InChI=1S/C5H7N2O2/c8-3-4-1-7-5(9)2-6-4/h4,6H,1-2H2,(H,7,9). The normalized spacial score (nSPS) is 27.1. The minimum absolute atomic E-state index is 0.0681. The van der Waals surface area contributed by atoms with Crippen LogP contribution < -0.4 is 10.6 Å². The number of carbonyl (C=O) groups excluding carboxylic acids is 2. The number of hydrogen-bond donors (Lipinski definition) is 2. The van der Waals surface area contributed by atoms with Crippen LogP contribution in [0.2, 0.25) is 0 Å². The van der Waals surface area contributed by atoms with E-state index in [9.17, 15) is 9.59 Å². The molecule has 0 aliphatic carbocycles. The number of piperazine rings is 1. The van der Waals surface area contributed by atoms with E-state index in [0.717, 1.165) is 0 Å². The minimum Gasteiger partial charge on any atom is -0.353 e. The Bertz CT molecular complexity index is 125. The Morgan fingerprint density at radius 1 is 1.67 bits per heavy atom. The molecule has 4 nitrogen and oxygen atoms in total. The summed E-state index contributed by atoms with van der Waals surface area (Å²) in [4.78, 5) is 20.3. The van der Waals surface area contributed by atoms with E-state index >= 15 is 0 Å². The lowest BCUT2D eigenvalue weighted by Gasteiger charge is -2.17. The van der Waals surface area contributed by atoms with E-state index in [4.69, 9.17) is 0 Å². The summed E-state index contributed by atoms with van der Waals surface area (Å²) in [6, 6.07) is -0.317. The van der Waals surface area contributed by atoms with Crippen LogP contribution in [-0.2, 0) is 9.59 Å². The molecule has 1 radical (unpaired) electrons. The first kappa shape index (κ1) is 6.22. The van der Waals surface area contributed by atoms with E-state index in [0.29, 0.717) is 6.54 Å². The molecule has 1 aliphatic heterocycles. The van der Waals surface area contributed by atoms with Crippen LogP contribution in [-0.4, -0.2) is 31.3 Å². The van der Waals surface area contributed by atoms with Gasteiger partial charge < -0.3 is 5.32 Å². The van der Waals surface area contributed by atoms with Gasteiger partial charge in [0.15, 0.2) is 0 Å². The van der Waals surface area contributed by atoms with Crippen molar-refractivity contribution in [3.63, 3.8) is 0 Å². The summed E-state index contributed by atoms with van der Waals surface area (Å²) in [5, 5.41) is 5.20. The van der Waals surface area contributed by atoms with Crippen LogP contribution in [0.15, 0.2) is 0 Å². The van der Waals surface area contributed by atoms with Gasteiger partial charge in [0.2, 0.25) is 12.2 Å². The molecule has 1 rings (SSSR count). The second-order valence-electron chi connectivity index (χ2n) is 1.86. The third-order valence-corrected chi connectivity index (χ3v) is 1.15. The van der Waals surface area contributed by atoms with Crippen molar-refractivity contribution in [3.05, 3.63) is 0 Å². The Balaban J connectivity index is 2.34. The maximum Gasteiger partial charge on any atom is 0.234 e. The van der Waals surface area contributed by atoms with E-state index in [-0.39, 0.29) is 18.5 Å². The van der Waals surface area contributed by atoms with Gasteiger partial charge in [-0.15, -0.1) is 0 Å². The summed E-state index contributed by atoms with van der Waals surface area (Å²) in [7, 11) is 0.